The molecule has 1 fully saturated rings. The van der Waals surface area contributed by atoms with Crippen molar-refractivity contribution in [3.8, 4) is 0 Å². The van der Waals surface area contributed by atoms with Gasteiger partial charge < -0.3 is 4.90 Å². The zero-order chi connectivity index (χ0) is 16.6. The van der Waals surface area contributed by atoms with Crippen molar-refractivity contribution in [3.63, 3.8) is 0 Å². The summed E-state index contributed by atoms with van der Waals surface area (Å²) in [6, 6.07) is 9.70. The van der Waals surface area contributed by atoms with Gasteiger partial charge in [0, 0.05) is 18.7 Å². The third kappa shape index (κ3) is 2.96. The van der Waals surface area contributed by atoms with Gasteiger partial charge in [-0.25, -0.2) is 17.2 Å². The molecule has 1 heterocycles. The van der Waals surface area contributed by atoms with Crippen molar-refractivity contribution in [1.82, 2.24) is 4.90 Å². The molecular formula is C16H13F2NO3S. The first kappa shape index (κ1) is 15.6. The molecule has 2 aromatic carbocycles. The number of rotatable bonds is 3. The summed E-state index contributed by atoms with van der Waals surface area (Å²) in [6.07, 6.45) is 0. The lowest BCUT2D eigenvalue weighted by Gasteiger charge is -2.38. The van der Waals surface area contributed by atoms with Crippen LogP contribution in [0.4, 0.5) is 8.78 Å². The highest BCUT2D eigenvalue weighted by atomic mass is 32.2. The largest absolute Gasteiger partial charge is 0.336 e. The van der Waals surface area contributed by atoms with Crippen LogP contribution in [0.2, 0.25) is 0 Å². The second kappa shape index (κ2) is 5.73. The highest BCUT2D eigenvalue weighted by molar-refractivity contribution is 7.92. The molecule has 23 heavy (non-hydrogen) atoms. The van der Waals surface area contributed by atoms with E-state index in [9.17, 15) is 22.0 Å². The van der Waals surface area contributed by atoms with E-state index in [0.717, 1.165) is 12.1 Å². The molecule has 2 aromatic rings. The van der Waals surface area contributed by atoms with Crippen molar-refractivity contribution in [1.29, 1.82) is 0 Å². The van der Waals surface area contributed by atoms with E-state index in [2.05, 4.69) is 0 Å². The van der Waals surface area contributed by atoms with Gasteiger partial charge in [0.2, 0.25) is 0 Å². The van der Waals surface area contributed by atoms with Crippen LogP contribution in [-0.2, 0) is 9.84 Å². The van der Waals surface area contributed by atoms with E-state index in [1.54, 1.807) is 0 Å². The van der Waals surface area contributed by atoms with E-state index in [-0.39, 0.29) is 23.9 Å². The molecule has 0 unspecified atom stereocenters. The first-order valence-corrected chi connectivity index (χ1v) is 8.47. The van der Waals surface area contributed by atoms with Gasteiger partial charge in [-0.3, -0.25) is 4.79 Å². The molecule has 1 amide bonds. The lowest BCUT2D eigenvalue weighted by molar-refractivity contribution is 0.0659. The van der Waals surface area contributed by atoms with Crippen LogP contribution in [-0.4, -0.2) is 37.6 Å². The SMILES string of the molecule is O=C(c1ccc(F)cc1)N1CC(S(=O)(=O)c2ccc(F)cc2)C1. The fraction of sp³-hybridized carbons (Fsp3) is 0.188. The Balaban J connectivity index is 1.69. The Hall–Kier alpha value is -2.28. The number of carbonyl (C=O) groups excluding carboxylic acids is 1. The van der Waals surface area contributed by atoms with Crippen LogP contribution in [0.15, 0.2) is 53.4 Å². The summed E-state index contributed by atoms with van der Waals surface area (Å²) in [7, 11) is -3.59. The number of benzene rings is 2. The van der Waals surface area contributed by atoms with Crippen LogP contribution in [0, 0.1) is 11.6 Å². The zero-order valence-electron chi connectivity index (χ0n) is 11.9. The summed E-state index contributed by atoms with van der Waals surface area (Å²) in [6.45, 7) is 0.131. The average Bonchev–Trinajstić information content (AvgIpc) is 2.46. The minimum atomic E-state index is -3.59. The second-order valence-corrected chi connectivity index (χ2v) is 7.57. The summed E-state index contributed by atoms with van der Waals surface area (Å²) in [5.74, 6) is -1.29. The number of carbonyl (C=O) groups is 1. The highest BCUT2D eigenvalue weighted by Gasteiger charge is 2.40. The third-order valence-corrected chi connectivity index (χ3v) is 5.91. The fourth-order valence-electron chi connectivity index (χ4n) is 2.39. The molecule has 0 saturated carbocycles. The van der Waals surface area contributed by atoms with E-state index >= 15 is 0 Å². The molecule has 0 spiro atoms. The Bertz CT molecular complexity index is 827. The second-order valence-electron chi connectivity index (χ2n) is 5.34. The molecule has 1 aliphatic heterocycles. The third-order valence-electron chi connectivity index (χ3n) is 3.81. The molecule has 1 aliphatic rings. The van der Waals surface area contributed by atoms with Gasteiger partial charge in [-0.1, -0.05) is 0 Å². The molecule has 0 radical (unpaired) electrons. The summed E-state index contributed by atoms with van der Waals surface area (Å²) in [5, 5.41) is -0.711. The van der Waals surface area contributed by atoms with Crippen LogP contribution < -0.4 is 0 Å². The molecule has 0 N–H and O–H groups in total. The van der Waals surface area contributed by atoms with Gasteiger partial charge in [-0.15, -0.1) is 0 Å². The molecule has 0 bridgehead atoms. The summed E-state index contributed by atoms with van der Waals surface area (Å²) >= 11 is 0. The maximum atomic E-state index is 12.9. The molecule has 4 nitrogen and oxygen atoms in total. The molecular weight excluding hydrogens is 324 g/mol. The van der Waals surface area contributed by atoms with Crippen LogP contribution in [0.25, 0.3) is 0 Å². The van der Waals surface area contributed by atoms with E-state index in [0.29, 0.717) is 5.56 Å². The van der Waals surface area contributed by atoms with Crippen LogP contribution in [0.3, 0.4) is 0 Å². The van der Waals surface area contributed by atoms with E-state index in [1.165, 1.54) is 41.3 Å². The van der Waals surface area contributed by atoms with Gasteiger partial charge in [-0.05, 0) is 48.5 Å². The smallest absolute Gasteiger partial charge is 0.253 e. The van der Waals surface area contributed by atoms with Crippen molar-refractivity contribution in [2.24, 2.45) is 0 Å². The van der Waals surface area contributed by atoms with Crippen LogP contribution >= 0.6 is 0 Å². The van der Waals surface area contributed by atoms with Crippen molar-refractivity contribution in [3.05, 3.63) is 65.7 Å². The molecule has 3 rings (SSSR count). The summed E-state index contributed by atoms with van der Waals surface area (Å²) in [4.78, 5) is 13.6. The van der Waals surface area contributed by atoms with Gasteiger partial charge in [0.15, 0.2) is 9.84 Å². The highest BCUT2D eigenvalue weighted by Crippen LogP contribution is 2.25. The molecule has 7 heteroatoms. The van der Waals surface area contributed by atoms with Crippen molar-refractivity contribution >= 4 is 15.7 Å². The first-order valence-electron chi connectivity index (χ1n) is 6.92. The number of likely N-dealkylation sites (tertiary alicyclic amines) is 1. The maximum absolute atomic E-state index is 12.9. The standard InChI is InChI=1S/C16H13F2NO3S/c17-12-3-1-11(2-4-12)16(20)19-9-15(10-19)23(21,22)14-7-5-13(18)6-8-14/h1-8,15H,9-10H2. The zero-order valence-corrected chi connectivity index (χ0v) is 12.8. The van der Waals surface area contributed by atoms with E-state index in [4.69, 9.17) is 0 Å². The topological polar surface area (TPSA) is 54.5 Å². The molecule has 0 aliphatic carbocycles. The van der Waals surface area contributed by atoms with Gasteiger partial charge in [-0.2, -0.15) is 0 Å². The maximum Gasteiger partial charge on any atom is 0.253 e. The number of halogens is 2. The Morgan fingerprint density at radius 2 is 1.39 bits per heavy atom. The minimum absolute atomic E-state index is 0.0396. The Labute approximate surface area is 132 Å². The Morgan fingerprint density at radius 3 is 1.91 bits per heavy atom. The summed E-state index contributed by atoms with van der Waals surface area (Å²) < 4.78 is 50.5. The van der Waals surface area contributed by atoms with Crippen LogP contribution in [0.1, 0.15) is 10.4 Å². The van der Waals surface area contributed by atoms with Gasteiger partial charge >= 0.3 is 0 Å². The van der Waals surface area contributed by atoms with E-state index in [1.807, 2.05) is 0 Å². The van der Waals surface area contributed by atoms with Crippen molar-refractivity contribution in [2.75, 3.05) is 13.1 Å². The average molecular weight is 337 g/mol. The normalized spacial score (nSPS) is 15.3. The number of hydrogen-bond donors (Lipinski definition) is 0. The lowest BCUT2D eigenvalue weighted by Crippen LogP contribution is -2.56. The molecule has 1 saturated heterocycles. The number of amides is 1. The van der Waals surface area contributed by atoms with Crippen LogP contribution in [0.5, 0.6) is 0 Å². The quantitative estimate of drug-likeness (QED) is 0.808. The number of nitrogens with zero attached hydrogens (tertiary/aromatic N) is 1. The van der Waals surface area contributed by atoms with Crippen molar-refractivity contribution in [2.45, 2.75) is 10.1 Å². The predicted molar refractivity (Wildman–Crippen MR) is 79.7 cm³/mol. The van der Waals surface area contributed by atoms with Gasteiger partial charge in [0.05, 0.1) is 4.90 Å². The number of hydrogen-bond acceptors (Lipinski definition) is 3. The Morgan fingerprint density at radius 1 is 0.913 bits per heavy atom. The summed E-state index contributed by atoms with van der Waals surface area (Å²) in [5.41, 5.74) is 0.309. The monoisotopic (exact) mass is 337 g/mol. The number of sulfone groups is 1. The first-order chi connectivity index (χ1) is 10.9. The van der Waals surface area contributed by atoms with Gasteiger partial charge in [0.1, 0.15) is 16.9 Å². The minimum Gasteiger partial charge on any atom is -0.336 e. The van der Waals surface area contributed by atoms with E-state index < -0.39 is 26.7 Å². The van der Waals surface area contributed by atoms with Gasteiger partial charge in [0.25, 0.3) is 5.91 Å². The van der Waals surface area contributed by atoms with Crippen molar-refractivity contribution < 1.29 is 22.0 Å². The lowest BCUT2D eigenvalue weighted by atomic mass is 10.1. The molecule has 120 valence electrons. The molecule has 0 aromatic heterocycles. The predicted octanol–water partition coefficient (Wildman–Crippen LogP) is 2.26. The Kier molecular flexibility index (Phi) is 3.89. The fourth-order valence-corrected chi connectivity index (χ4v) is 4.04. The molecule has 0 atom stereocenters.